The Morgan fingerprint density at radius 3 is 2.82 bits per heavy atom. The molecule has 2 rings (SSSR count). The maximum atomic E-state index is 12.0. The second-order valence-electron chi connectivity index (χ2n) is 5.05. The number of aliphatic carboxylic acids is 1. The van der Waals surface area contributed by atoms with Crippen LogP contribution in [0, 0.1) is 0 Å². The Kier molecular flexibility index (Phi) is 5.55. The molecule has 118 valence electrons. The molecule has 1 N–H and O–H groups in total. The predicted molar refractivity (Wildman–Crippen MR) is 79.3 cm³/mol. The van der Waals surface area contributed by atoms with E-state index in [0.29, 0.717) is 13.2 Å². The molecule has 22 heavy (non-hydrogen) atoms. The summed E-state index contributed by atoms with van der Waals surface area (Å²) in [5, 5.41) is 8.87. The molecule has 0 bridgehead atoms. The number of amides is 1. The van der Waals surface area contributed by atoms with E-state index < -0.39 is 18.2 Å². The van der Waals surface area contributed by atoms with Crippen molar-refractivity contribution < 1.29 is 24.2 Å². The second-order valence-corrected chi connectivity index (χ2v) is 5.05. The first kappa shape index (κ1) is 16.0. The zero-order valence-electron chi connectivity index (χ0n) is 12.4. The van der Waals surface area contributed by atoms with Gasteiger partial charge in [0.25, 0.3) is 0 Å². The summed E-state index contributed by atoms with van der Waals surface area (Å²) in [5.41, 5.74) is 1.12. The predicted octanol–water partition coefficient (Wildman–Crippen LogP) is 2.05. The van der Waals surface area contributed by atoms with E-state index in [-0.39, 0.29) is 18.7 Å². The van der Waals surface area contributed by atoms with Gasteiger partial charge in [-0.15, -0.1) is 0 Å². The van der Waals surface area contributed by atoms with Gasteiger partial charge >= 0.3 is 12.1 Å². The highest BCUT2D eigenvalue weighted by Crippen LogP contribution is 2.11. The monoisotopic (exact) mass is 305 g/mol. The Balaban J connectivity index is 1.87. The Morgan fingerprint density at radius 1 is 1.41 bits per heavy atom. The fourth-order valence-electron chi connectivity index (χ4n) is 2.10. The number of hydrogen-bond donors (Lipinski definition) is 1. The number of carboxylic acid groups (broad SMARTS) is 1. The number of carbonyl (C=O) groups is 2. The van der Waals surface area contributed by atoms with E-state index in [0.717, 1.165) is 5.56 Å². The van der Waals surface area contributed by atoms with Gasteiger partial charge < -0.3 is 19.5 Å². The van der Waals surface area contributed by atoms with Gasteiger partial charge in [0, 0.05) is 12.1 Å². The lowest BCUT2D eigenvalue weighted by Crippen LogP contribution is -2.45. The average Bonchev–Trinajstić information content (AvgIpc) is 2.53. The van der Waals surface area contributed by atoms with Gasteiger partial charge in [0.2, 0.25) is 0 Å². The maximum Gasteiger partial charge on any atom is 0.410 e. The molecule has 1 unspecified atom stereocenters. The molecule has 0 aromatic heterocycles. The number of rotatable bonds is 4. The van der Waals surface area contributed by atoms with Gasteiger partial charge in [0.15, 0.2) is 0 Å². The van der Waals surface area contributed by atoms with Crippen LogP contribution in [0.15, 0.2) is 42.0 Å². The largest absolute Gasteiger partial charge is 0.478 e. The van der Waals surface area contributed by atoms with E-state index in [1.54, 1.807) is 0 Å². The molecular weight excluding hydrogens is 286 g/mol. The van der Waals surface area contributed by atoms with Crippen LogP contribution in [-0.4, -0.2) is 47.9 Å². The van der Waals surface area contributed by atoms with Crippen LogP contribution in [0.4, 0.5) is 4.79 Å². The van der Waals surface area contributed by atoms with Crippen LogP contribution >= 0.6 is 0 Å². The van der Waals surface area contributed by atoms with E-state index in [2.05, 4.69) is 0 Å². The van der Waals surface area contributed by atoms with Crippen LogP contribution in [0.25, 0.3) is 0 Å². The van der Waals surface area contributed by atoms with Gasteiger partial charge in [-0.2, -0.15) is 0 Å². The molecule has 0 radical (unpaired) electrons. The normalized spacial score (nSPS) is 18.9. The Hall–Kier alpha value is -2.34. The van der Waals surface area contributed by atoms with Crippen LogP contribution in [0.1, 0.15) is 12.5 Å². The maximum absolute atomic E-state index is 12.0. The minimum absolute atomic E-state index is 0.199. The SMILES string of the molecule is CC(=CC1CN(C(=O)OCc2ccccc2)CCO1)C(=O)O. The van der Waals surface area contributed by atoms with E-state index in [1.165, 1.54) is 17.9 Å². The molecule has 1 aliphatic heterocycles. The lowest BCUT2D eigenvalue weighted by Gasteiger charge is -2.31. The average molecular weight is 305 g/mol. The molecule has 0 aliphatic carbocycles. The number of benzene rings is 1. The van der Waals surface area contributed by atoms with Crippen LogP contribution in [-0.2, 0) is 20.9 Å². The van der Waals surface area contributed by atoms with Gasteiger partial charge in [0.05, 0.1) is 19.3 Å². The minimum atomic E-state index is -0.993. The number of nitrogens with zero attached hydrogens (tertiary/aromatic N) is 1. The number of carboxylic acids is 1. The molecule has 1 aliphatic rings. The van der Waals surface area contributed by atoms with Gasteiger partial charge in [-0.25, -0.2) is 9.59 Å². The molecule has 1 amide bonds. The highest BCUT2D eigenvalue weighted by atomic mass is 16.6. The number of carbonyl (C=O) groups excluding carboxylic acids is 1. The number of hydrogen-bond acceptors (Lipinski definition) is 4. The smallest absolute Gasteiger partial charge is 0.410 e. The molecule has 1 fully saturated rings. The third kappa shape index (κ3) is 4.60. The number of ether oxygens (including phenoxy) is 2. The van der Waals surface area contributed by atoms with E-state index >= 15 is 0 Å². The summed E-state index contributed by atoms with van der Waals surface area (Å²) in [6.07, 6.45) is 0.673. The Labute approximate surface area is 128 Å². The minimum Gasteiger partial charge on any atom is -0.478 e. The van der Waals surface area contributed by atoms with Gasteiger partial charge in [-0.3, -0.25) is 0 Å². The fourth-order valence-corrected chi connectivity index (χ4v) is 2.10. The van der Waals surface area contributed by atoms with Crippen molar-refractivity contribution in [2.45, 2.75) is 19.6 Å². The summed E-state index contributed by atoms with van der Waals surface area (Å²) in [7, 11) is 0. The van der Waals surface area contributed by atoms with E-state index in [1.807, 2.05) is 30.3 Å². The summed E-state index contributed by atoms with van der Waals surface area (Å²) in [6, 6.07) is 9.43. The lowest BCUT2D eigenvalue weighted by molar-refractivity contribution is -0.132. The molecule has 1 aromatic rings. The van der Waals surface area contributed by atoms with E-state index in [4.69, 9.17) is 14.6 Å². The fraction of sp³-hybridized carbons (Fsp3) is 0.375. The van der Waals surface area contributed by atoms with Crippen molar-refractivity contribution in [3.05, 3.63) is 47.5 Å². The summed E-state index contributed by atoms with van der Waals surface area (Å²) in [5.74, 6) is -0.993. The summed E-state index contributed by atoms with van der Waals surface area (Å²) >= 11 is 0. The number of morpholine rings is 1. The van der Waals surface area contributed by atoms with Crippen molar-refractivity contribution in [2.24, 2.45) is 0 Å². The Morgan fingerprint density at radius 2 is 2.14 bits per heavy atom. The van der Waals surface area contributed by atoms with Crippen molar-refractivity contribution in [1.82, 2.24) is 4.90 Å². The highest BCUT2D eigenvalue weighted by molar-refractivity contribution is 5.85. The van der Waals surface area contributed by atoms with Crippen LogP contribution < -0.4 is 0 Å². The van der Waals surface area contributed by atoms with Crippen molar-refractivity contribution >= 4 is 12.1 Å². The summed E-state index contributed by atoms with van der Waals surface area (Å²) < 4.78 is 10.7. The zero-order valence-corrected chi connectivity index (χ0v) is 12.4. The molecule has 0 saturated carbocycles. The van der Waals surface area contributed by atoms with Crippen molar-refractivity contribution in [1.29, 1.82) is 0 Å². The van der Waals surface area contributed by atoms with Gasteiger partial charge in [-0.1, -0.05) is 30.3 Å². The first-order valence-corrected chi connectivity index (χ1v) is 7.05. The lowest BCUT2D eigenvalue weighted by atomic mass is 10.2. The quantitative estimate of drug-likeness (QED) is 0.862. The van der Waals surface area contributed by atoms with Crippen LogP contribution in [0.5, 0.6) is 0 Å². The highest BCUT2D eigenvalue weighted by Gasteiger charge is 2.24. The third-order valence-corrected chi connectivity index (χ3v) is 3.33. The molecule has 1 saturated heterocycles. The molecule has 6 heteroatoms. The van der Waals surface area contributed by atoms with Crippen LogP contribution in [0.2, 0.25) is 0 Å². The van der Waals surface area contributed by atoms with Crippen LogP contribution in [0.3, 0.4) is 0 Å². The second kappa shape index (κ2) is 7.61. The first-order chi connectivity index (χ1) is 10.6. The summed E-state index contributed by atoms with van der Waals surface area (Å²) in [4.78, 5) is 24.4. The summed E-state index contributed by atoms with van der Waals surface area (Å²) in [6.45, 7) is 2.79. The van der Waals surface area contributed by atoms with Crippen molar-refractivity contribution in [3.63, 3.8) is 0 Å². The Bertz CT molecular complexity index is 555. The molecule has 6 nitrogen and oxygen atoms in total. The first-order valence-electron chi connectivity index (χ1n) is 7.05. The van der Waals surface area contributed by atoms with Crippen molar-refractivity contribution in [2.75, 3.05) is 19.7 Å². The molecule has 1 aromatic carbocycles. The topological polar surface area (TPSA) is 76.1 Å². The molecule has 0 spiro atoms. The zero-order chi connectivity index (χ0) is 15.9. The van der Waals surface area contributed by atoms with Crippen molar-refractivity contribution in [3.8, 4) is 0 Å². The van der Waals surface area contributed by atoms with E-state index in [9.17, 15) is 9.59 Å². The standard InChI is InChI=1S/C16H19NO5/c1-12(15(18)19)9-14-10-17(7-8-21-14)16(20)22-11-13-5-3-2-4-6-13/h2-6,9,14H,7-8,10-11H2,1H3,(H,18,19). The van der Waals surface area contributed by atoms with Gasteiger partial charge in [-0.05, 0) is 18.6 Å². The third-order valence-electron chi connectivity index (χ3n) is 3.33. The molecule has 1 atom stereocenters. The van der Waals surface area contributed by atoms with Gasteiger partial charge in [0.1, 0.15) is 6.61 Å². The molecule has 1 heterocycles. The molecular formula is C16H19NO5.